The van der Waals surface area contributed by atoms with Crippen LogP contribution in [0.1, 0.15) is 17.0 Å². The van der Waals surface area contributed by atoms with E-state index in [-0.39, 0.29) is 4.90 Å². The van der Waals surface area contributed by atoms with Gasteiger partial charge in [0, 0.05) is 13.8 Å². The van der Waals surface area contributed by atoms with Crippen molar-refractivity contribution in [3.63, 3.8) is 0 Å². The molecule has 0 bridgehead atoms. The molecule has 0 aliphatic heterocycles. The van der Waals surface area contributed by atoms with Crippen LogP contribution in [0.2, 0.25) is 0 Å². The largest absolute Gasteiger partial charge is 0.264 e. The van der Waals surface area contributed by atoms with E-state index in [4.69, 9.17) is 0 Å². The van der Waals surface area contributed by atoms with E-state index in [2.05, 4.69) is 41.6 Å². The molecule has 0 fully saturated rings. The van der Waals surface area contributed by atoms with Gasteiger partial charge in [-0.3, -0.25) is 4.72 Å². The lowest BCUT2D eigenvalue weighted by molar-refractivity contribution is 0.600. The van der Waals surface area contributed by atoms with Crippen LogP contribution >= 0.6 is 43.2 Å². The molecule has 1 heterocycles. The summed E-state index contributed by atoms with van der Waals surface area (Å²) in [4.78, 5) is 5.75. The van der Waals surface area contributed by atoms with Gasteiger partial charge in [-0.05, 0) is 53.4 Å². The molecule has 1 aliphatic rings. The Balaban J connectivity index is 1.91. The zero-order chi connectivity index (χ0) is 14.3. The van der Waals surface area contributed by atoms with E-state index in [1.54, 1.807) is 18.2 Å². The van der Waals surface area contributed by atoms with Gasteiger partial charge in [-0.1, -0.05) is 15.9 Å². The van der Waals surface area contributed by atoms with E-state index in [9.17, 15) is 8.42 Å². The number of fused-ring (bicyclic) bond motifs is 1. The fraction of sp³-hybridized carbons (Fsp3) is 0.250. The number of halogens is 2. The predicted molar refractivity (Wildman–Crippen MR) is 86.8 cm³/mol. The summed E-state index contributed by atoms with van der Waals surface area (Å²) in [6.45, 7) is 0. The van der Waals surface area contributed by atoms with Crippen LogP contribution in [0.5, 0.6) is 0 Å². The molecular weight excluding hydrogens is 428 g/mol. The van der Waals surface area contributed by atoms with Gasteiger partial charge in [0.15, 0.2) is 5.13 Å². The highest BCUT2D eigenvalue weighted by Gasteiger charge is 2.22. The van der Waals surface area contributed by atoms with Crippen LogP contribution in [-0.2, 0) is 22.9 Å². The van der Waals surface area contributed by atoms with Crippen LogP contribution in [-0.4, -0.2) is 13.4 Å². The van der Waals surface area contributed by atoms with Gasteiger partial charge in [0.05, 0.1) is 5.69 Å². The first-order chi connectivity index (χ1) is 9.45. The van der Waals surface area contributed by atoms with E-state index >= 15 is 0 Å². The number of aromatic nitrogens is 1. The van der Waals surface area contributed by atoms with E-state index < -0.39 is 10.0 Å². The van der Waals surface area contributed by atoms with E-state index in [1.807, 2.05) is 0 Å². The van der Waals surface area contributed by atoms with Crippen LogP contribution < -0.4 is 4.72 Å². The SMILES string of the molecule is O=S(=O)(Nc1nc2c(s1)CCC2)c1ccc(Br)cc1Br. The van der Waals surface area contributed by atoms with Gasteiger partial charge in [0.1, 0.15) is 4.90 Å². The number of anilines is 1. The monoisotopic (exact) mass is 436 g/mol. The lowest BCUT2D eigenvalue weighted by Gasteiger charge is -2.07. The van der Waals surface area contributed by atoms with Crippen molar-refractivity contribution in [2.45, 2.75) is 24.2 Å². The molecule has 0 atom stereocenters. The molecule has 4 nitrogen and oxygen atoms in total. The standard InChI is InChI=1S/C12H10Br2N2O2S2/c13-7-4-5-11(8(14)6-7)20(17,18)16-12-15-9-2-1-3-10(9)19-12/h4-6H,1-3H2,(H,15,16). The average Bonchev–Trinajstić information content (AvgIpc) is 2.87. The molecular formula is C12H10Br2N2O2S2. The lowest BCUT2D eigenvalue weighted by atomic mass is 10.4. The summed E-state index contributed by atoms with van der Waals surface area (Å²) in [5, 5.41) is 0.449. The number of sulfonamides is 1. The third-order valence-corrected chi connectivity index (χ3v) is 7.01. The number of rotatable bonds is 3. The Morgan fingerprint density at radius 2 is 2.05 bits per heavy atom. The van der Waals surface area contributed by atoms with E-state index in [0.717, 1.165) is 29.4 Å². The molecule has 0 saturated carbocycles. The molecule has 1 N–H and O–H groups in total. The Morgan fingerprint density at radius 3 is 2.75 bits per heavy atom. The second-order valence-corrected chi connectivity index (χ2v) is 8.93. The minimum atomic E-state index is -3.62. The van der Waals surface area contributed by atoms with Gasteiger partial charge >= 0.3 is 0 Å². The number of nitrogens with zero attached hydrogens (tertiary/aromatic N) is 1. The van der Waals surface area contributed by atoms with E-state index in [1.165, 1.54) is 16.2 Å². The quantitative estimate of drug-likeness (QED) is 0.790. The molecule has 0 radical (unpaired) electrons. The van der Waals surface area contributed by atoms with Crippen molar-refractivity contribution >= 4 is 58.4 Å². The first kappa shape index (κ1) is 14.5. The Morgan fingerprint density at radius 1 is 1.25 bits per heavy atom. The number of hydrogen-bond donors (Lipinski definition) is 1. The first-order valence-electron chi connectivity index (χ1n) is 5.92. The summed E-state index contributed by atoms with van der Waals surface area (Å²) in [5.41, 5.74) is 1.03. The summed E-state index contributed by atoms with van der Waals surface area (Å²) < 4.78 is 28.6. The molecule has 1 aromatic carbocycles. The normalized spacial score (nSPS) is 14.3. The van der Waals surface area contributed by atoms with E-state index in [0.29, 0.717) is 9.60 Å². The van der Waals surface area contributed by atoms with Gasteiger partial charge in [0.2, 0.25) is 0 Å². The highest BCUT2D eigenvalue weighted by molar-refractivity contribution is 9.11. The summed E-state index contributed by atoms with van der Waals surface area (Å²) in [6.07, 6.45) is 3.05. The fourth-order valence-corrected chi connectivity index (χ4v) is 6.13. The highest BCUT2D eigenvalue weighted by atomic mass is 79.9. The topological polar surface area (TPSA) is 59.1 Å². The minimum Gasteiger partial charge on any atom is -0.255 e. The summed E-state index contributed by atoms with van der Waals surface area (Å²) >= 11 is 8.01. The van der Waals surface area contributed by atoms with Crippen molar-refractivity contribution in [3.8, 4) is 0 Å². The summed E-state index contributed by atoms with van der Waals surface area (Å²) in [7, 11) is -3.62. The number of hydrogen-bond acceptors (Lipinski definition) is 4. The molecule has 3 rings (SSSR count). The fourth-order valence-electron chi connectivity index (χ4n) is 2.10. The Labute approximate surface area is 137 Å². The maximum Gasteiger partial charge on any atom is 0.264 e. The Hall–Kier alpha value is -0.440. The van der Waals surface area contributed by atoms with Gasteiger partial charge in [0.25, 0.3) is 10.0 Å². The predicted octanol–water partition coefficient (Wildman–Crippen LogP) is 3.96. The Kier molecular flexibility index (Phi) is 3.91. The highest BCUT2D eigenvalue weighted by Crippen LogP contribution is 2.33. The van der Waals surface area contributed by atoms with Crippen LogP contribution in [0.15, 0.2) is 32.0 Å². The third-order valence-electron chi connectivity index (χ3n) is 3.00. The Bertz CT molecular complexity index is 750. The zero-order valence-electron chi connectivity index (χ0n) is 10.2. The number of thiazole rings is 1. The molecule has 0 saturated heterocycles. The molecule has 106 valence electrons. The number of aryl methyl sites for hydroxylation is 2. The minimum absolute atomic E-state index is 0.205. The first-order valence-corrected chi connectivity index (χ1v) is 9.81. The summed E-state index contributed by atoms with van der Waals surface area (Å²) in [6, 6.07) is 4.95. The second kappa shape index (κ2) is 5.40. The van der Waals surface area contributed by atoms with Gasteiger partial charge in [-0.15, -0.1) is 11.3 Å². The second-order valence-electron chi connectivity index (χ2n) is 4.42. The van der Waals surface area contributed by atoms with Crippen molar-refractivity contribution in [1.82, 2.24) is 4.98 Å². The van der Waals surface area contributed by atoms with Crippen molar-refractivity contribution in [2.24, 2.45) is 0 Å². The molecule has 0 amide bonds. The summed E-state index contributed by atoms with van der Waals surface area (Å²) in [5.74, 6) is 0. The van der Waals surface area contributed by atoms with Crippen LogP contribution in [0.25, 0.3) is 0 Å². The van der Waals surface area contributed by atoms with Crippen LogP contribution in [0, 0.1) is 0 Å². The smallest absolute Gasteiger partial charge is 0.255 e. The third kappa shape index (κ3) is 2.79. The van der Waals surface area contributed by atoms with Crippen molar-refractivity contribution < 1.29 is 8.42 Å². The maximum atomic E-state index is 12.4. The maximum absolute atomic E-state index is 12.4. The van der Waals surface area contributed by atoms with Crippen molar-refractivity contribution in [1.29, 1.82) is 0 Å². The number of benzene rings is 1. The van der Waals surface area contributed by atoms with Crippen molar-refractivity contribution in [2.75, 3.05) is 4.72 Å². The van der Waals surface area contributed by atoms with Crippen LogP contribution in [0.3, 0.4) is 0 Å². The van der Waals surface area contributed by atoms with Crippen LogP contribution in [0.4, 0.5) is 5.13 Å². The van der Waals surface area contributed by atoms with Gasteiger partial charge in [-0.2, -0.15) is 0 Å². The molecule has 2 aromatic rings. The molecule has 8 heteroatoms. The van der Waals surface area contributed by atoms with Crippen molar-refractivity contribution in [3.05, 3.63) is 37.7 Å². The molecule has 1 aromatic heterocycles. The molecule has 20 heavy (non-hydrogen) atoms. The van der Waals surface area contributed by atoms with Gasteiger partial charge in [-0.25, -0.2) is 13.4 Å². The number of nitrogens with one attached hydrogen (secondary N) is 1. The van der Waals surface area contributed by atoms with Gasteiger partial charge < -0.3 is 0 Å². The molecule has 0 unspecified atom stereocenters. The molecule has 1 aliphatic carbocycles. The average molecular weight is 438 g/mol. The molecule has 0 spiro atoms. The lowest BCUT2D eigenvalue weighted by Crippen LogP contribution is -2.13. The zero-order valence-corrected chi connectivity index (χ0v) is 15.0.